The average molecular weight is 343 g/mol. The maximum Gasteiger partial charge on any atom is 0.338 e. The first-order chi connectivity index (χ1) is 12.6. The first-order valence-electron chi connectivity index (χ1n) is 8.30. The highest BCUT2D eigenvalue weighted by molar-refractivity contribution is 6.08. The smallest absolute Gasteiger partial charge is 0.338 e. The highest BCUT2D eigenvalue weighted by Gasteiger charge is 2.23. The molecule has 0 aliphatic carbocycles. The van der Waals surface area contributed by atoms with E-state index in [2.05, 4.69) is 5.10 Å². The van der Waals surface area contributed by atoms with Gasteiger partial charge in [0.15, 0.2) is 0 Å². The second-order valence-corrected chi connectivity index (χ2v) is 6.26. The molecule has 1 N–H and O–H groups in total. The summed E-state index contributed by atoms with van der Waals surface area (Å²) in [7, 11) is 0. The van der Waals surface area contributed by atoms with Crippen LogP contribution in [-0.2, 0) is 0 Å². The summed E-state index contributed by atoms with van der Waals surface area (Å²) >= 11 is 0. The lowest BCUT2D eigenvalue weighted by molar-refractivity contribution is 0.0699. The van der Waals surface area contributed by atoms with Crippen molar-refractivity contribution < 1.29 is 9.90 Å². The Bertz CT molecular complexity index is 1130. The fourth-order valence-electron chi connectivity index (χ4n) is 3.13. The second-order valence-electron chi connectivity index (χ2n) is 6.26. The minimum Gasteiger partial charge on any atom is -0.478 e. The predicted molar refractivity (Wildman–Crippen MR) is 101 cm³/mol. The van der Waals surface area contributed by atoms with Crippen LogP contribution < -0.4 is 0 Å². The first-order valence-corrected chi connectivity index (χ1v) is 8.30. The first kappa shape index (κ1) is 16.0. The molecule has 0 fully saturated rings. The Morgan fingerprint density at radius 3 is 2.54 bits per heavy atom. The molecule has 0 spiro atoms. The Hall–Kier alpha value is -3.47. The van der Waals surface area contributed by atoms with E-state index in [1.54, 1.807) is 29.2 Å². The van der Waals surface area contributed by atoms with Crippen LogP contribution in [0.3, 0.4) is 0 Å². The van der Waals surface area contributed by atoms with E-state index in [1.165, 1.54) is 5.56 Å². The minimum absolute atomic E-state index is 0.201. The van der Waals surface area contributed by atoms with Gasteiger partial charge >= 0.3 is 5.97 Å². The van der Waals surface area contributed by atoms with Crippen molar-refractivity contribution in [2.75, 3.05) is 0 Å². The van der Waals surface area contributed by atoms with Gasteiger partial charge in [-0.3, -0.25) is 0 Å². The monoisotopic (exact) mass is 343 g/mol. The van der Waals surface area contributed by atoms with Crippen LogP contribution in [0.5, 0.6) is 0 Å². The average Bonchev–Trinajstić information content (AvgIpc) is 3.16. The number of hydrogen-bond acceptors (Lipinski definition) is 3. The number of pyridine rings is 1. The Kier molecular flexibility index (Phi) is 3.77. The molecule has 5 nitrogen and oxygen atoms in total. The SMILES string of the molecule is Cc1ccc(-c2nc3ccccc3c(C(=O)O)c2-n2cccn2)cc1C. The van der Waals surface area contributed by atoms with Crippen LogP contribution in [0.4, 0.5) is 0 Å². The van der Waals surface area contributed by atoms with E-state index in [9.17, 15) is 9.90 Å². The molecule has 2 heterocycles. The third-order valence-corrected chi connectivity index (χ3v) is 4.59. The number of rotatable bonds is 3. The Morgan fingerprint density at radius 1 is 1.04 bits per heavy atom. The van der Waals surface area contributed by atoms with Gasteiger partial charge in [-0.15, -0.1) is 0 Å². The van der Waals surface area contributed by atoms with Gasteiger partial charge in [-0.1, -0.05) is 30.3 Å². The Morgan fingerprint density at radius 2 is 1.85 bits per heavy atom. The molecule has 128 valence electrons. The molecule has 0 radical (unpaired) electrons. The molecule has 4 rings (SSSR count). The molecule has 0 saturated heterocycles. The second kappa shape index (κ2) is 6.11. The van der Waals surface area contributed by atoms with Gasteiger partial charge in [-0.2, -0.15) is 5.10 Å². The van der Waals surface area contributed by atoms with E-state index in [-0.39, 0.29) is 5.56 Å². The molecule has 0 bridgehead atoms. The summed E-state index contributed by atoms with van der Waals surface area (Å²) in [5.74, 6) is -1.00. The number of benzene rings is 2. The molecule has 4 aromatic rings. The summed E-state index contributed by atoms with van der Waals surface area (Å²) in [6, 6.07) is 15.1. The molecule has 0 amide bonds. The number of carbonyl (C=O) groups is 1. The summed E-state index contributed by atoms with van der Waals surface area (Å²) in [5, 5.41) is 14.8. The van der Waals surface area contributed by atoms with Crippen molar-refractivity contribution in [1.82, 2.24) is 14.8 Å². The van der Waals surface area contributed by atoms with Crippen LogP contribution in [0, 0.1) is 13.8 Å². The number of para-hydroxylation sites is 1. The van der Waals surface area contributed by atoms with Crippen LogP contribution >= 0.6 is 0 Å². The lowest BCUT2D eigenvalue weighted by Gasteiger charge is -2.16. The lowest BCUT2D eigenvalue weighted by Crippen LogP contribution is -2.10. The van der Waals surface area contributed by atoms with Gasteiger partial charge in [-0.05, 0) is 43.2 Å². The zero-order valence-electron chi connectivity index (χ0n) is 14.5. The third kappa shape index (κ3) is 2.54. The standard InChI is InChI=1S/C21H17N3O2/c1-13-8-9-15(12-14(13)2)19-20(24-11-5-10-22-24)18(21(25)26)16-6-3-4-7-17(16)23-19/h3-12H,1-2H3,(H,25,26). The molecule has 0 unspecified atom stereocenters. The van der Waals surface area contributed by atoms with Crippen molar-refractivity contribution in [1.29, 1.82) is 0 Å². The molecule has 0 atom stereocenters. The zero-order valence-corrected chi connectivity index (χ0v) is 14.5. The number of nitrogens with zero attached hydrogens (tertiary/aromatic N) is 3. The van der Waals surface area contributed by atoms with Gasteiger partial charge in [0.2, 0.25) is 0 Å². The van der Waals surface area contributed by atoms with Crippen molar-refractivity contribution in [2.45, 2.75) is 13.8 Å². The minimum atomic E-state index is -1.00. The van der Waals surface area contributed by atoms with Crippen LogP contribution in [0.1, 0.15) is 21.5 Å². The topological polar surface area (TPSA) is 68.0 Å². The quantitative estimate of drug-likeness (QED) is 0.598. The maximum atomic E-state index is 12.2. The van der Waals surface area contributed by atoms with Gasteiger partial charge in [-0.25, -0.2) is 14.5 Å². The third-order valence-electron chi connectivity index (χ3n) is 4.59. The van der Waals surface area contributed by atoms with Crippen LogP contribution in [0.15, 0.2) is 60.9 Å². The molecule has 0 aliphatic heterocycles. The number of aromatic nitrogens is 3. The molecule has 26 heavy (non-hydrogen) atoms. The molecule has 0 aliphatic rings. The predicted octanol–water partition coefficient (Wildman–Crippen LogP) is 4.40. The number of aryl methyl sites for hydroxylation is 2. The zero-order chi connectivity index (χ0) is 18.3. The fourth-order valence-corrected chi connectivity index (χ4v) is 3.13. The summed E-state index contributed by atoms with van der Waals surface area (Å²) < 4.78 is 1.58. The van der Waals surface area contributed by atoms with Gasteiger partial charge < -0.3 is 5.11 Å². The normalized spacial score (nSPS) is 11.0. The largest absolute Gasteiger partial charge is 0.478 e. The van der Waals surface area contributed by atoms with E-state index in [1.807, 2.05) is 50.2 Å². The van der Waals surface area contributed by atoms with E-state index >= 15 is 0 Å². The number of carboxylic acid groups (broad SMARTS) is 1. The molecule has 0 saturated carbocycles. The van der Waals surface area contributed by atoms with Crippen molar-refractivity contribution in [2.24, 2.45) is 0 Å². The van der Waals surface area contributed by atoms with Gasteiger partial charge in [0.05, 0.1) is 16.8 Å². The van der Waals surface area contributed by atoms with E-state index in [0.717, 1.165) is 11.1 Å². The molecule has 2 aromatic heterocycles. The van der Waals surface area contributed by atoms with Crippen LogP contribution in [-0.4, -0.2) is 25.8 Å². The molecular weight excluding hydrogens is 326 g/mol. The van der Waals surface area contributed by atoms with Crippen molar-refractivity contribution in [3.63, 3.8) is 0 Å². The van der Waals surface area contributed by atoms with Crippen LogP contribution in [0.2, 0.25) is 0 Å². The summed E-state index contributed by atoms with van der Waals surface area (Å²) in [6.45, 7) is 4.08. The summed E-state index contributed by atoms with van der Waals surface area (Å²) in [5.41, 5.74) is 5.10. The fraction of sp³-hybridized carbons (Fsp3) is 0.0952. The number of carboxylic acids is 1. The highest BCUT2D eigenvalue weighted by Crippen LogP contribution is 2.33. The van der Waals surface area contributed by atoms with Gasteiger partial charge in [0.25, 0.3) is 0 Å². The summed E-state index contributed by atoms with van der Waals surface area (Å²) in [6.07, 6.45) is 3.37. The van der Waals surface area contributed by atoms with E-state index in [4.69, 9.17) is 4.98 Å². The van der Waals surface area contributed by atoms with Gasteiger partial charge in [0.1, 0.15) is 5.69 Å². The molecular formula is C21H17N3O2. The molecule has 2 aromatic carbocycles. The summed E-state index contributed by atoms with van der Waals surface area (Å²) in [4.78, 5) is 17.0. The Balaban J connectivity index is 2.16. The number of fused-ring (bicyclic) bond motifs is 1. The Labute approximate surface area is 150 Å². The maximum absolute atomic E-state index is 12.2. The van der Waals surface area contributed by atoms with E-state index in [0.29, 0.717) is 22.3 Å². The van der Waals surface area contributed by atoms with Gasteiger partial charge in [0, 0.05) is 23.3 Å². The highest BCUT2D eigenvalue weighted by atomic mass is 16.4. The van der Waals surface area contributed by atoms with Crippen LogP contribution in [0.25, 0.3) is 27.8 Å². The lowest BCUT2D eigenvalue weighted by atomic mass is 9.98. The van der Waals surface area contributed by atoms with E-state index < -0.39 is 5.97 Å². The number of aromatic carboxylic acids is 1. The van der Waals surface area contributed by atoms with Crippen molar-refractivity contribution in [3.05, 3.63) is 77.6 Å². The number of hydrogen-bond donors (Lipinski definition) is 1. The van der Waals surface area contributed by atoms with Crippen molar-refractivity contribution >= 4 is 16.9 Å². The van der Waals surface area contributed by atoms with Crippen molar-refractivity contribution in [3.8, 4) is 16.9 Å². The molecule has 5 heteroatoms.